The summed E-state index contributed by atoms with van der Waals surface area (Å²) in [5.74, 6) is 0.974. The molecule has 23 heavy (non-hydrogen) atoms. The summed E-state index contributed by atoms with van der Waals surface area (Å²) >= 11 is 0. The third kappa shape index (κ3) is 1.74. The fourth-order valence-electron chi connectivity index (χ4n) is 2.95. The average Bonchev–Trinajstić information content (AvgIpc) is 3.26. The van der Waals surface area contributed by atoms with Gasteiger partial charge in [0.25, 0.3) is 0 Å². The second-order valence-corrected chi connectivity index (χ2v) is 5.62. The maximum Gasteiger partial charge on any atom is 0.243 e. The molecule has 1 fully saturated rings. The first-order chi connectivity index (χ1) is 11.4. The molecule has 0 bridgehead atoms. The lowest BCUT2D eigenvalue weighted by atomic mass is 10.2. The highest BCUT2D eigenvalue weighted by Gasteiger charge is 2.31. The summed E-state index contributed by atoms with van der Waals surface area (Å²) in [5.41, 5.74) is 3.40. The van der Waals surface area contributed by atoms with Crippen LogP contribution in [-0.4, -0.2) is 41.8 Å². The van der Waals surface area contributed by atoms with Gasteiger partial charge >= 0.3 is 0 Å². The molecule has 1 saturated carbocycles. The second kappa shape index (κ2) is 4.48. The molecule has 4 aromatic rings. The van der Waals surface area contributed by atoms with Gasteiger partial charge in [0, 0.05) is 22.9 Å². The van der Waals surface area contributed by atoms with Crippen molar-refractivity contribution in [2.24, 2.45) is 0 Å². The van der Waals surface area contributed by atoms with Gasteiger partial charge in [-0.2, -0.15) is 10.1 Å². The van der Waals surface area contributed by atoms with Crippen LogP contribution in [0.4, 0.5) is 0 Å². The average molecular weight is 307 g/mol. The maximum atomic E-state index is 5.46. The van der Waals surface area contributed by atoms with Crippen LogP contribution in [0.15, 0.2) is 25.0 Å². The van der Waals surface area contributed by atoms with Gasteiger partial charge in [0.15, 0.2) is 5.69 Å². The predicted octanol–water partition coefficient (Wildman–Crippen LogP) is 1.97. The van der Waals surface area contributed by atoms with Crippen LogP contribution in [0.3, 0.4) is 0 Å². The highest BCUT2D eigenvalue weighted by atomic mass is 16.5. The van der Waals surface area contributed by atoms with E-state index in [2.05, 4.69) is 30.0 Å². The Labute approximate surface area is 130 Å². The van der Waals surface area contributed by atoms with Crippen LogP contribution in [-0.2, 0) is 0 Å². The van der Waals surface area contributed by atoms with Gasteiger partial charge in [0.2, 0.25) is 5.88 Å². The monoisotopic (exact) mass is 307 g/mol. The van der Waals surface area contributed by atoms with Crippen LogP contribution >= 0.6 is 0 Å². The molecule has 1 N–H and O–H groups in total. The highest BCUT2D eigenvalue weighted by molar-refractivity contribution is 6.04. The Hall–Kier alpha value is -3.03. The predicted molar refractivity (Wildman–Crippen MR) is 82.6 cm³/mol. The molecule has 0 amide bonds. The molecule has 0 spiro atoms. The molecule has 5 rings (SSSR count). The van der Waals surface area contributed by atoms with E-state index in [4.69, 9.17) is 4.74 Å². The minimum absolute atomic E-state index is 0.449. The second-order valence-electron chi connectivity index (χ2n) is 5.62. The van der Waals surface area contributed by atoms with Crippen LogP contribution in [0.2, 0.25) is 0 Å². The van der Waals surface area contributed by atoms with E-state index in [0.717, 1.165) is 46.3 Å². The summed E-state index contributed by atoms with van der Waals surface area (Å²) in [6.07, 6.45) is 8.94. The molecule has 1 aliphatic carbocycles. The van der Waals surface area contributed by atoms with E-state index in [1.165, 1.54) is 6.33 Å². The number of methoxy groups -OCH3 is 1. The Morgan fingerprint density at radius 3 is 2.87 bits per heavy atom. The topological polar surface area (TPSA) is 94.4 Å². The molecule has 114 valence electrons. The Kier molecular flexibility index (Phi) is 2.44. The van der Waals surface area contributed by atoms with Crippen molar-refractivity contribution in [3.8, 4) is 11.6 Å². The summed E-state index contributed by atoms with van der Waals surface area (Å²) < 4.78 is 7.27. The van der Waals surface area contributed by atoms with E-state index in [1.54, 1.807) is 25.8 Å². The minimum atomic E-state index is 0.449. The zero-order chi connectivity index (χ0) is 15.4. The van der Waals surface area contributed by atoms with Crippen molar-refractivity contribution in [3.05, 3.63) is 30.7 Å². The fourth-order valence-corrected chi connectivity index (χ4v) is 2.95. The molecular weight excluding hydrogens is 294 g/mol. The number of ether oxygens (including phenoxy) is 1. The van der Waals surface area contributed by atoms with Gasteiger partial charge in [-0.3, -0.25) is 0 Å². The van der Waals surface area contributed by atoms with Gasteiger partial charge in [-0.15, -0.1) is 0 Å². The number of hydrogen-bond donors (Lipinski definition) is 1. The summed E-state index contributed by atoms with van der Waals surface area (Å²) in [5, 5.41) is 6.43. The third-order valence-corrected chi connectivity index (χ3v) is 4.19. The molecular formula is C15H13N7O. The van der Waals surface area contributed by atoms with Crippen LogP contribution in [0.5, 0.6) is 5.88 Å². The van der Waals surface area contributed by atoms with E-state index in [0.29, 0.717) is 11.8 Å². The molecule has 0 atom stereocenters. The van der Waals surface area contributed by atoms with Crippen LogP contribution < -0.4 is 4.74 Å². The summed E-state index contributed by atoms with van der Waals surface area (Å²) in [6, 6.07) is 0. The minimum Gasteiger partial charge on any atom is -0.479 e. The van der Waals surface area contributed by atoms with E-state index >= 15 is 0 Å². The molecule has 1 aliphatic rings. The van der Waals surface area contributed by atoms with Gasteiger partial charge in [0.1, 0.15) is 23.9 Å². The number of aromatic nitrogens is 7. The van der Waals surface area contributed by atoms with Crippen LogP contribution in [0, 0.1) is 0 Å². The Balaban J connectivity index is 1.84. The van der Waals surface area contributed by atoms with Crippen molar-refractivity contribution in [3.63, 3.8) is 0 Å². The number of hydrogen-bond acceptors (Lipinski definition) is 6. The first-order valence-corrected chi connectivity index (χ1v) is 7.41. The van der Waals surface area contributed by atoms with E-state index in [9.17, 15) is 0 Å². The molecule has 0 aromatic carbocycles. The third-order valence-electron chi connectivity index (χ3n) is 4.19. The van der Waals surface area contributed by atoms with Crippen LogP contribution in [0.1, 0.15) is 24.5 Å². The van der Waals surface area contributed by atoms with Crippen molar-refractivity contribution in [2.75, 3.05) is 7.11 Å². The van der Waals surface area contributed by atoms with Crippen molar-refractivity contribution >= 4 is 22.1 Å². The molecule has 8 nitrogen and oxygen atoms in total. The van der Waals surface area contributed by atoms with Crippen molar-refractivity contribution in [1.29, 1.82) is 0 Å². The van der Waals surface area contributed by atoms with Crippen molar-refractivity contribution in [2.45, 2.75) is 18.8 Å². The van der Waals surface area contributed by atoms with E-state index in [-0.39, 0.29) is 0 Å². The Morgan fingerprint density at radius 1 is 1.13 bits per heavy atom. The smallest absolute Gasteiger partial charge is 0.243 e. The highest BCUT2D eigenvalue weighted by Crippen LogP contribution is 2.43. The quantitative estimate of drug-likeness (QED) is 0.622. The van der Waals surface area contributed by atoms with Gasteiger partial charge in [0.05, 0.1) is 19.0 Å². The van der Waals surface area contributed by atoms with Gasteiger partial charge in [-0.25, -0.2) is 19.6 Å². The maximum absolute atomic E-state index is 5.46. The zero-order valence-corrected chi connectivity index (χ0v) is 12.4. The molecule has 4 aromatic heterocycles. The number of fused-ring (bicyclic) bond motifs is 3. The largest absolute Gasteiger partial charge is 0.479 e. The lowest BCUT2D eigenvalue weighted by molar-refractivity contribution is 0.393. The van der Waals surface area contributed by atoms with Gasteiger partial charge in [-0.1, -0.05) is 0 Å². The summed E-state index contributed by atoms with van der Waals surface area (Å²) in [6.45, 7) is 0. The first-order valence-electron chi connectivity index (χ1n) is 7.41. The fraction of sp³-hybridized carbons (Fsp3) is 0.267. The molecule has 0 aliphatic heterocycles. The van der Waals surface area contributed by atoms with E-state index in [1.807, 2.05) is 4.68 Å². The van der Waals surface area contributed by atoms with Crippen molar-refractivity contribution < 1.29 is 4.74 Å². The Bertz CT molecular complexity index is 1030. The zero-order valence-electron chi connectivity index (χ0n) is 12.4. The van der Waals surface area contributed by atoms with Gasteiger partial charge in [-0.05, 0) is 12.8 Å². The molecule has 0 saturated heterocycles. The lowest BCUT2D eigenvalue weighted by Gasteiger charge is -2.11. The van der Waals surface area contributed by atoms with E-state index < -0.39 is 0 Å². The SMILES string of the molecule is COc1ncnc(C2CC2)c1-n1ncc2c3cncnc3[nH]c21. The normalized spacial score (nSPS) is 14.7. The molecule has 0 unspecified atom stereocenters. The molecule has 8 heteroatoms. The first kappa shape index (κ1) is 12.5. The summed E-state index contributed by atoms with van der Waals surface area (Å²) in [7, 11) is 1.61. The standard InChI is InChI=1S/C15H13N7O/c1-23-15-12(11(8-2-3-8)17-7-19-15)22-14-10(5-20-22)9-4-16-6-18-13(9)21-14/h4-8H,2-3H2,1H3,(H,16,18,21). The lowest BCUT2D eigenvalue weighted by Crippen LogP contribution is -2.07. The number of H-pyrrole nitrogens is 1. The van der Waals surface area contributed by atoms with Crippen LogP contribution in [0.25, 0.3) is 27.8 Å². The number of nitrogens with zero attached hydrogens (tertiary/aromatic N) is 6. The van der Waals surface area contributed by atoms with Crippen molar-refractivity contribution in [1.82, 2.24) is 34.7 Å². The van der Waals surface area contributed by atoms with Gasteiger partial charge < -0.3 is 9.72 Å². The number of rotatable bonds is 3. The number of aromatic amines is 1. The Morgan fingerprint density at radius 2 is 2.04 bits per heavy atom. The molecule has 0 radical (unpaired) electrons. The summed E-state index contributed by atoms with van der Waals surface area (Å²) in [4.78, 5) is 20.4. The molecule has 4 heterocycles. The number of nitrogens with one attached hydrogen (secondary N) is 1.